The molecular weight excluding hydrogens is 204 g/mol. The highest BCUT2D eigenvalue weighted by Crippen LogP contribution is 2.07. The molecule has 0 heterocycles. The van der Waals surface area contributed by atoms with E-state index in [1.54, 1.807) is 0 Å². The van der Waals surface area contributed by atoms with Gasteiger partial charge in [0.05, 0.1) is 12.5 Å². The topological polar surface area (TPSA) is 104 Å². The number of esters is 1. The predicted molar refractivity (Wildman–Crippen MR) is 50.3 cm³/mol. The highest BCUT2D eigenvalue weighted by molar-refractivity contribution is 5.81. The van der Waals surface area contributed by atoms with Gasteiger partial charge in [-0.3, -0.25) is 4.79 Å². The number of hydrogen-bond acceptors (Lipinski definition) is 5. The van der Waals surface area contributed by atoms with E-state index < -0.39 is 18.2 Å². The van der Waals surface area contributed by atoms with E-state index in [1.807, 2.05) is 0 Å². The molecular formula is C9H16O6. The molecule has 88 valence electrons. The zero-order valence-corrected chi connectivity index (χ0v) is 8.39. The molecule has 1 atom stereocenters. The Labute approximate surface area is 87.5 Å². The molecule has 1 unspecified atom stereocenters. The number of carbonyl (C=O) groups is 2. The van der Waals surface area contributed by atoms with E-state index in [4.69, 9.17) is 10.2 Å². The first kappa shape index (κ1) is 13.9. The van der Waals surface area contributed by atoms with Gasteiger partial charge in [-0.2, -0.15) is 0 Å². The van der Waals surface area contributed by atoms with Gasteiger partial charge in [0, 0.05) is 6.61 Å². The smallest absolute Gasteiger partial charge is 0.449 e. The second kappa shape index (κ2) is 8.19. The average molecular weight is 220 g/mol. The molecule has 0 bridgehead atoms. The number of ether oxygens (including phenoxy) is 1. The first-order chi connectivity index (χ1) is 7.06. The van der Waals surface area contributed by atoms with Crippen molar-refractivity contribution in [2.45, 2.75) is 38.2 Å². The first-order valence-electron chi connectivity index (χ1n) is 4.78. The van der Waals surface area contributed by atoms with Crippen LogP contribution in [0.1, 0.15) is 32.1 Å². The van der Waals surface area contributed by atoms with Crippen LogP contribution < -0.4 is 0 Å². The molecule has 15 heavy (non-hydrogen) atoms. The third kappa shape index (κ3) is 9.17. The van der Waals surface area contributed by atoms with E-state index >= 15 is 0 Å². The average Bonchev–Trinajstić information content (AvgIpc) is 2.10. The Morgan fingerprint density at radius 2 is 1.87 bits per heavy atom. The summed E-state index contributed by atoms with van der Waals surface area (Å²) < 4.78 is 3.83. The summed E-state index contributed by atoms with van der Waals surface area (Å²) in [7, 11) is 0. The van der Waals surface area contributed by atoms with Crippen molar-refractivity contribution in [1.82, 2.24) is 0 Å². The molecule has 0 aromatic carbocycles. The van der Waals surface area contributed by atoms with Gasteiger partial charge in [-0.05, 0) is 12.8 Å². The Hall–Kier alpha value is -1.14. The lowest BCUT2D eigenvalue weighted by atomic mass is 10.1. The second-order valence-electron chi connectivity index (χ2n) is 3.17. The zero-order chi connectivity index (χ0) is 11.7. The number of aliphatic hydroxyl groups is 2. The summed E-state index contributed by atoms with van der Waals surface area (Å²) in [5.41, 5.74) is 0. The zero-order valence-electron chi connectivity index (χ0n) is 8.39. The normalized spacial score (nSPS) is 12.1. The van der Waals surface area contributed by atoms with Crippen LogP contribution in [0.15, 0.2) is 0 Å². The van der Waals surface area contributed by atoms with E-state index in [0.717, 1.165) is 6.42 Å². The van der Waals surface area contributed by atoms with Crippen molar-refractivity contribution in [2.24, 2.45) is 0 Å². The molecule has 0 aromatic heterocycles. The highest BCUT2D eigenvalue weighted by atomic mass is 16.7. The van der Waals surface area contributed by atoms with E-state index in [9.17, 15) is 14.7 Å². The molecule has 0 radical (unpaired) electrons. The van der Waals surface area contributed by atoms with Crippen molar-refractivity contribution in [1.29, 1.82) is 0 Å². The summed E-state index contributed by atoms with van der Waals surface area (Å²) in [5.74, 6) is -0.947. The Balaban J connectivity index is 3.51. The van der Waals surface area contributed by atoms with Crippen LogP contribution >= 0.6 is 0 Å². The maximum Gasteiger partial charge on any atom is 0.513 e. The van der Waals surface area contributed by atoms with Crippen LogP contribution in [-0.2, 0) is 9.53 Å². The molecule has 0 spiro atoms. The van der Waals surface area contributed by atoms with Crippen molar-refractivity contribution in [3.05, 3.63) is 0 Å². The second-order valence-corrected chi connectivity index (χ2v) is 3.17. The van der Waals surface area contributed by atoms with Crippen LogP contribution in [0.25, 0.3) is 0 Å². The van der Waals surface area contributed by atoms with Crippen molar-refractivity contribution < 1.29 is 29.6 Å². The molecule has 0 saturated carbocycles. The molecule has 0 aromatic rings. The van der Waals surface area contributed by atoms with Crippen LogP contribution in [0, 0.1) is 0 Å². The Kier molecular flexibility index (Phi) is 7.57. The number of carboxylic acid groups (broad SMARTS) is 1. The van der Waals surface area contributed by atoms with Crippen molar-refractivity contribution in [3.8, 4) is 0 Å². The molecule has 0 aliphatic rings. The van der Waals surface area contributed by atoms with Gasteiger partial charge in [0.1, 0.15) is 0 Å². The lowest BCUT2D eigenvalue weighted by Gasteiger charge is -2.07. The SMILES string of the molecule is O=C(O)OC(=O)CC(O)CCCCCO. The van der Waals surface area contributed by atoms with E-state index in [-0.39, 0.29) is 13.0 Å². The van der Waals surface area contributed by atoms with Crippen LogP contribution in [0.5, 0.6) is 0 Å². The fraction of sp³-hybridized carbons (Fsp3) is 0.778. The van der Waals surface area contributed by atoms with Crippen molar-refractivity contribution in [2.75, 3.05) is 6.61 Å². The molecule has 3 N–H and O–H groups in total. The maximum absolute atomic E-state index is 10.7. The number of unbranched alkanes of at least 4 members (excludes halogenated alkanes) is 2. The van der Waals surface area contributed by atoms with Gasteiger partial charge >= 0.3 is 12.1 Å². The molecule has 0 fully saturated rings. The summed E-state index contributed by atoms with van der Waals surface area (Å²) in [6.45, 7) is 0.108. The molecule has 0 aliphatic heterocycles. The summed E-state index contributed by atoms with van der Waals surface area (Å²) in [5, 5.41) is 25.8. The minimum absolute atomic E-state index is 0.108. The Bertz CT molecular complexity index is 203. The minimum Gasteiger partial charge on any atom is -0.449 e. The van der Waals surface area contributed by atoms with Crippen molar-refractivity contribution >= 4 is 12.1 Å². The maximum atomic E-state index is 10.7. The Morgan fingerprint density at radius 3 is 2.40 bits per heavy atom. The standard InChI is InChI=1S/C9H16O6/c10-5-3-1-2-4-7(11)6-8(12)15-9(13)14/h7,10-11H,1-6H2,(H,13,14). The molecule has 0 aliphatic carbocycles. The number of rotatable bonds is 7. The fourth-order valence-electron chi connectivity index (χ4n) is 1.10. The van der Waals surface area contributed by atoms with E-state index in [1.165, 1.54) is 0 Å². The highest BCUT2D eigenvalue weighted by Gasteiger charge is 2.14. The number of carbonyl (C=O) groups excluding carboxylic acids is 1. The van der Waals surface area contributed by atoms with Crippen LogP contribution in [0.4, 0.5) is 4.79 Å². The molecule has 6 heteroatoms. The molecule has 0 rings (SSSR count). The summed E-state index contributed by atoms with van der Waals surface area (Å²) >= 11 is 0. The lowest BCUT2D eigenvalue weighted by Crippen LogP contribution is -2.17. The fourth-order valence-corrected chi connectivity index (χ4v) is 1.10. The van der Waals surface area contributed by atoms with Gasteiger partial charge in [0.15, 0.2) is 0 Å². The molecule has 0 saturated heterocycles. The van der Waals surface area contributed by atoms with Crippen LogP contribution in [-0.4, -0.2) is 40.2 Å². The van der Waals surface area contributed by atoms with E-state index in [2.05, 4.69) is 4.74 Å². The Morgan fingerprint density at radius 1 is 1.20 bits per heavy atom. The van der Waals surface area contributed by atoms with E-state index in [0.29, 0.717) is 19.3 Å². The molecule has 6 nitrogen and oxygen atoms in total. The predicted octanol–water partition coefficient (Wildman–Crippen LogP) is 0.511. The van der Waals surface area contributed by atoms with Gasteiger partial charge in [-0.25, -0.2) is 4.79 Å². The monoisotopic (exact) mass is 220 g/mol. The number of aliphatic hydroxyl groups excluding tert-OH is 2. The van der Waals surface area contributed by atoms with Gasteiger partial charge < -0.3 is 20.1 Å². The van der Waals surface area contributed by atoms with Gasteiger partial charge in [-0.1, -0.05) is 12.8 Å². The number of hydrogen-bond donors (Lipinski definition) is 3. The van der Waals surface area contributed by atoms with Gasteiger partial charge in [0.25, 0.3) is 0 Å². The summed E-state index contributed by atoms with van der Waals surface area (Å²) in [6, 6.07) is 0. The third-order valence-corrected chi connectivity index (χ3v) is 1.80. The quantitative estimate of drug-likeness (QED) is 0.328. The van der Waals surface area contributed by atoms with Gasteiger partial charge in [-0.15, -0.1) is 0 Å². The summed E-state index contributed by atoms with van der Waals surface area (Å²) in [4.78, 5) is 20.7. The first-order valence-corrected chi connectivity index (χ1v) is 4.78. The minimum atomic E-state index is -1.66. The van der Waals surface area contributed by atoms with Crippen LogP contribution in [0.3, 0.4) is 0 Å². The summed E-state index contributed by atoms with van der Waals surface area (Å²) in [6.07, 6.45) is -0.348. The lowest BCUT2D eigenvalue weighted by molar-refractivity contribution is -0.141. The largest absolute Gasteiger partial charge is 0.513 e. The van der Waals surface area contributed by atoms with Crippen LogP contribution in [0.2, 0.25) is 0 Å². The van der Waals surface area contributed by atoms with Crippen molar-refractivity contribution in [3.63, 3.8) is 0 Å². The third-order valence-electron chi connectivity index (χ3n) is 1.80. The van der Waals surface area contributed by atoms with Gasteiger partial charge in [0.2, 0.25) is 0 Å². The molecule has 0 amide bonds.